The number of nitrogens with two attached hydrogens (primary N) is 1. The van der Waals surface area contributed by atoms with Crippen LogP contribution >= 0.6 is 0 Å². The zero-order valence-electron chi connectivity index (χ0n) is 18.3. The van der Waals surface area contributed by atoms with Crippen LogP contribution < -0.4 is 15.4 Å². The number of rotatable bonds is 9. The first-order valence-electron chi connectivity index (χ1n) is 10.7. The van der Waals surface area contributed by atoms with Crippen LogP contribution in [0.3, 0.4) is 0 Å². The number of hydrogen-bond acceptors (Lipinski definition) is 5. The van der Waals surface area contributed by atoms with Crippen molar-refractivity contribution in [3.05, 3.63) is 90.5 Å². The first-order chi connectivity index (χ1) is 16.0. The van der Waals surface area contributed by atoms with Crippen LogP contribution in [-0.4, -0.2) is 36.9 Å². The van der Waals surface area contributed by atoms with Crippen LogP contribution in [0.2, 0.25) is 0 Å². The molecule has 6 nitrogen and oxygen atoms in total. The van der Waals surface area contributed by atoms with E-state index >= 15 is 0 Å². The molecule has 0 spiro atoms. The average molecular weight is 440 g/mol. The van der Waals surface area contributed by atoms with Crippen LogP contribution in [0.25, 0.3) is 22.0 Å². The maximum atomic E-state index is 12.2. The third-order valence-electron chi connectivity index (χ3n) is 5.53. The van der Waals surface area contributed by atoms with Crippen molar-refractivity contribution in [1.29, 1.82) is 0 Å². The normalized spacial score (nSPS) is 11.7. The molecule has 3 aromatic carbocycles. The van der Waals surface area contributed by atoms with Gasteiger partial charge >= 0.3 is 0 Å². The number of primary amides is 1. The molecule has 0 aliphatic carbocycles. The van der Waals surface area contributed by atoms with Crippen molar-refractivity contribution in [3.63, 3.8) is 0 Å². The molecule has 1 atom stereocenters. The molecule has 166 valence electrons. The van der Waals surface area contributed by atoms with Gasteiger partial charge in [-0.25, -0.2) is 4.98 Å². The van der Waals surface area contributed by atoms with Crippen molar-refractivity contribution in [2.45, 2.75) is 12.5 Å². The topological polar surface area (TPSA) is 85.5 Å². The predicted molar refractivity (Wildman–Crippen MR) is 131 cm³/mol. The Bertz CT molecular complexity index is 1270. The van der Waals surface area contributed by atoms with Crippen molar-refractivity contribution >= 4 is 28.8 Å². The van der Waals surface area contributed by atoms with Gasteiger partial charge in [-0.05, 0) is 35.4 Å². The van der Waals surface area contributed by atoms with Gasteiger partial charge in [0.05, 0.1) is 11.1 Å². The molecule has 0 aliphatic heterocycles. The summed E-state index contributed by atoms with van der Waals surface area (Å²) in [5, 5.41) is 1.00. The molecule has 0 aliphatic rings. The Morgan fingerprint density at radius 1 is 1.00 bits per heavy atom. The number of carbonyl (C=O) groups excluding carboxylic acids is 2. The number of benzene rings is 3. The summed E-state index contributed by atoms with van der Waals surface area (Å²) >= 11 is 0. The van der Waals surface area contributed by atoms with Gasteiger partial charge in [-0.1, -0.05) is 54.6 Å². The van der Waals surface area contributed by atoms with Crippen LogP contribution in [0, 0.1) is 0 Å². The maximum Gasteiger partial charge on any atom is 0.250 e. The Balaban J connectivity index is 1.46. The van der Waals surface area contributed by atoms with Gasteiger partial charge in [0.2, 0.25) is 5.88 Å². The lowest BCUT2D eigenvalue weighted by Gasteiger charge is -2.23. The molecule has 6 heteroatoms. The number of carbonyl (C=O) groups is 2. The van der Waals surface area contributed by atoms with E-state index in [9.17, 15) is 9.59 Å². The molecule has 0 saturated heterocycles. The predicted octanol–water partition coefficient (Wildman–Crippen LogP) is 4.47. The fourth-order valence-corrected chi connectivity index (χ4v) is 3.74. The van der Waals surface area contributed by atoms with Gasteiger partial charge in [0.1, 0.15) is 0 Å². The third kappa shape index (κ3) is 5.18. The summed E-state index contributed by atoms with van der Waals surface area (Å²) in [4.78, 5) is 30.2. The quantitative estimate of drug-likeness (QED) is 0.389. The van der Waals surface area contributed by atoms with E-state index in [2.05, 4.69) is 4.98 Å². The minimum atomic E-state index is -0.665. The van der Waals surface area contributed by atoms with Gasteiger partial charge in [-0.15, -0.1) is 0 Å². The second-order valence-electron chi connectivity index (χ2n) is 7.81. The standard InChI is InChI=1S/C27H25N3O3/c1-30(25-13-11-21(17-23(25)27(28)32)19-7-3-2-4-8-19)16-15-22(18-31)33-26-14-12-20-9-5-6-10-24(20)29-26/h2-14,17-18,22H,15-16H2,1H3,(H2,28,32). The summed E-state index contributed by atoms with van der Waals surface area (Å²) in [6.45, 7) is 0.488. The van der Waals surface area contributed by atoms with Crippen molar-refractivity contribution in [2.75, 3.05) is 18.5 Å². The summed E-state index contributed by atoms with van der Waals surface area (Å²) in [5.41, 5.74) is 9.54. The summed E-state index contributed by atoms with van der Waals surface area (Å²) in [6.07, 6.45) is 0.535. The fourth-order valence-electron chi connectivity index (χ4n) is 3.74. The molecule has 1 unspecified atom stereocenters. The first-order valence-corrected chi connectivity index (χ1v) is 10.7. The van der Waals surface area contributed by atoms with Crippen molar-refractivity contribution < 1.29 is 14.3 Å². The molecule has 0 radical (unpaired) electrons. The minimum absolute atomic E-state index is 0.401. The number of anilines is 1. The molecule has 1 heterocycles. The van der Waals surface area contributed by atoms with Gasteiger partial charge in [0.15, 0.2) is 12.4 Å². The molecule has 2 N–H and O–H groups in total. The van der Waals surface area contributed by atoms with Crippen LogP contribution in [0.1, 0.15) is 16.8 Å². The number of para-hydroxylation sites is 1. The Morgan fingerprint density at radius 3 is 2.52 bits per heavy atom. The lowest BCUT2D eigenvalue weighted by Crippen LogP contribution is -2.29. The monoisotopic (exact) mass is 439 g/mol. The van der Waals surface area contributed by atoms with Gasteiger partial charge in [-0.3, -0.25) is 9.59 Å². The lowest BCUT2D eigenvalue weighted by molar-refractivity contribution is -0.114. The van der Waals surface area contributed by atoms with E-state index in [0.29, 0.717) is 30.1 Å². The number of hydrogen-bond donors (Lipinski definition) is 1. The van der Waals surface area contributed by atoms with E-state index in [1.807, 2.05) is 84.7 Å². The van der Waals surface area contributed by atoms with Crippen LogP contribution in [0.4, 0.5) is 5.69 Å². The van der Waals surface area contributed by atoms with Crippen LogP contribution in [0.15, 0.2) is 84.9 Å². The lowest BCUT2D eigenvalue weighted by atomic mass is 10.0. The molecule has 4 rings (SSSR count). The van der Waals surface area contributed by atoms with E-state index in [4.69, 9.17) is 10.5 Å². The summed E-state index contributed by atoms with van der Waals surface area (Å²) < 4.78 is 5.82. The number of aromatic nitrogens is 1. The van der Waals surface area contributed by atoms with Crippen molar-refractivity contribution in [1.82, 2.24) is 4.98 Å². The Kier molecular flexibility index (Phi) is 6.64. The van der Waals surface area contributed by atoms with Gasteiger partial charge < -0.3 is 15.4 Å². The molecular formula is C27H25N3O3. The second kappa shape index (κ2) is 9.96. The smallest absolute Gasteiger partial charge is 0.250 e. The Morgan fingerprint density at radius 2 is 1.76 bits per heavy atom. The Hall–Kier alpha value is -4.19. The zero-order valence-corrected chi connectivity index (χ0v) is 18.3. The summed E-state index contributed by atoms with van der Waals surface area (Å²) in [6, 6.07) is 26.8. The Labute approximate surface area is 192 Å². The van der Waals surface area contributed by atoms with E-state index in [0.717, 1.165) is 28.3 Å². The van der Waals surface area contributed by atoms with E-state index in [-0.39, 0.29) is 0 Å². The van der Waals surface area contributed by atoms with Gasteiger partial charge in [0.25, 0.3) is 5.91 Å². The van der Waals surface area contributed by atoms with Crippen molar-refractivity contribution in [2.24, 2.45) is 5.73 Å². The fraction of sp³-hybridized carbons (Fsp3) is 0.148. The number of fused-ring (bicyclic) bond motifs is 1. The second-order valence-corrected chi connectivity index (χ2v) is 7.81. The largest absolute Gasteiger partial charge is 0.467 e. The highest BCUT2D eigenvalue weighted by Crippen LogP contribution is 2.27. The van der Waals surface area contributed by atoms with Crippen molar-refractivity contribution in [3.8, 4) is 17.0 Å². The molecule has 4 aromatic rings. The number of aldehydes is 1. The average Bonchev–Trinajstić information content (AvgIpc) is 2.86. The number of pyridine rings is 1. The summed E-state index contributed by atoms with van der Waals surface area (Å²) in [5.74, 6) is -0.100. The van der Waals surface area contributed by atoms with Crippen LogP contribution in [-0.2, 0) is 4.79 Å². The molecule has 0 bridgehead atoms. The van der Waals surface area contributed by atoms with Crippen LogP contribution in [0.5, 0.6) is 5.88 Å². The molecule has 1 aromatic heterocycles. The minimum Gasteiger partial charge on any atom is -0.467 e. The first kappa shape index (κ1) is 22.0. The number of ether oxygens (including phenoxy) is 1. The zero-order chi connectivity index (χ0) is 23.2. The van der Waals surface area contributed by atoms with E-state index in [1.165, 1.54) is 0 Å². The molecule has 0 fully saturated rings. The third-order valence-corrected chi connectivity index (χ3v) is 5.53. The highest BCUT2D eigenvalue weighted by Gasteiger charge is 2.17. The van der Waals surface area contributed by atoms with Gasteiger partial charge in [-0.2, -0.15) is 0 Å². The molecule has 0 saturated carbocycles. The maximum absolute atomic E-state index is 12.2. The highest BCUT2D eigenvalue weighted by molar-refractivity contribution is 6.00. The van der Waals surface area contributed by atoms with E-state index < -0.39 is 12.0 Å². The molecular weight excluding hydrogens is 414 g/mol. The molecule has 33 heavy (non-hydrogen) atoms. The van der Waals surface area contributed by atoms with Gasteiger partial charge in [0, 0.05) is 37.2 Å². The number of nitrogens with zero attached hydrogens (tertiary/aromatic N) is 2. The SMILES string of the molecule is CN(CCC(C=O)Oc1ccc2ccccc2n1)c1ccc(-c2ccccc2)cc1C(N)=O. The summed E-state index contributed by atoms with van der Waals surface area (Å²) in [7, 11) is 1.86. The highest BCUT2D eigenvalue weighted by atomic mass is 16.5. The molecule has 1 amide bonds. The number of amides is 1. The van der Waals surface area contributed by atoms with E-state index in [1.54, 1.807) is 12.1 Å².